The zero-order valence-electron chi connectivity index (χ0n) is 7.21. The van der Waals surface area contributed by atoms with Crippen molar-refractivity contribution < 1.29 is 0 Å². The van der Waals surface area contributed by atoms with E-state index in [-0.39, 0.29) is 0 Å². The highest BCUT2D eigenvalue weighted by atomic mass is 35.5. The third-order valence-electron chi connectivity index (χ3n) is 1.62. The number of hydrogen-bond donors (Lipinski definition) is 0. The Kier molecular flexibility index (Phi) is 2.55. The molecule has 70 valence electrons. The second-order valence-corrected chi connectivity index (χ2v) is 3.07. The monoisotopic (exact) mass is 206 g/mol. The molecule has 14 heavy (non-hydrogen) atoms. The van der Waals surface area contributed by atoms with Gasteiger partial charge < -0.3 is 0 Å². The third-order valence-corrected chi connectivity index (χ3v) is 1.87. The molecular formula is C9H7ClN4. The van der Waals surface area contributed by atoms with Gasteiger partial charge in [0.2, 0.25) is 0 Å². The molecule has 0 aliphatic rings. The van der Waals surface area contributed by atoms with Crippen LogP contribution >= 0.6 is 11.6 Å². The van der Waals surface area contributed by atoms with E-state index in [1.165, 1.54) is 17.3 Å². The molecule has 0 saturated carbocycles. The lowest BCUT2D eigenvalue weighted by atomic mass is 10.2. The second kappa shape index (κ2) is 4.02. The third kappa shape index (κ3) is 2.17. The topological polar surface area (TPSA) is 43.1 Å². The Morgan fingerprint density at radius 3 is 2.43 bits per heavy atom. The maximum atomic E-state index is 5.74. The number of halogens is 1. The summed E-state index contributed by atoms with van der Waals surface area (Å²) in [4.78, 5) is 0. The van der Waals surface area contributed by atoms with Crippen molar-refractivity contribution in [2.45, 2.75) is 0 Å². The van der Waals surface area contributed by atoms with Gasteiger partial charge in [-0.2, -0.15) is 5.10 Å². The van der Waals surface area contributed by atoms with Crippen LogP contribution in [0, 0.1) is 0 Å². The summed E-state index contributed by atoms with van der Waals surface area (Å²) >= 11 is 5.74. The van der Waals surface area contributed by atoms with Crippen molar-refractivity contribution in [3.63, 3.8) is 0 Å². The van der Waals surface area contributed by atoms with Gasteiger partial charge in [-0.15, -0.1) is 10.2 Å². The Balaban J connectivity index is 2.15. The highest BCUT2D eigenvalue weighted by molar-refractivity contribution is 6.30. The van der Waals surface area contributed by atoms with Gasteiger partial charge in [0.1, 0.15) is 12.7 Å². The van der Waals surface area contributed by atoms with E-state index in [0.717, 1.165) is 5.56 Å². The van der Waals surface area contributed by atoms with E-state index in [4.69, 9.17) is 11.6 Å². The molecule has 2 rings (SSSR count). The first kappa shape index (κ1) is 8.90. The van der Waals surface area contributed by atoms with E-state index in [0.29, 0.717) is 5.02 Å². The van der Waals surface area contributed by atoms with Gasteiger partial charge in [-0.05, 0) is 17.7 Å². The zero-order chi connectivity index (χ0) is 9.80. The van der Waals surface area contributed by atoms with Crippen LogP contribution in [0.25, 0.3) is 0 Å². The van der Waals surface area contributed by atoms with E-state index < -0.39 is 0 Å². The quantitative estimate of drug-likeness (QED) is 0.704. The predicted octanol–water partition coefficient (Wildman–Crippen LogP) is 1.81. The molecule has 0 spiro atoms. The van der Waals surface area contributed by atoms with Crippen molar-refractivity contribution >= 4 is 17.8 Å². The van der Waals surface area contributed by atoms with E-state index >= 15 is 0 Å². The van der Waals surface area contributed by atoms with E-state index in [1.54, 1.807) is 6.21 Å². The normalized spacial score (nSPS) is 10.9. The van der Waals surface area contributed by atoms with Crippen LogP contribution in [0.15, 0.2) is 42.0 Å². The molecule has 1 aromatic heterocycles. The molecule has 1 heterocycles. The highest BCUT2D eigenvalue weighted by Crippen LogP contribution is 2.07. The summed E-state index contributed by atoms with van der Waals surface area (Å²) in [6.45, 7) is 0. The maximum Gasteiger partial charge on any atom is 0.141 e. The van der Waals surface area contributed by atoms with E-state index in [1.807, 2.05) is 24.3 Å². The lowest BCUT2D eigenvalue weighted by Crippen LogP contribution is -1.86. The van der Waals surface area contributed by atoms with Gasteiger partial charge in [-0.1, -0.05) is 23.7 Å². The van der Waals surface area contributed by atoms with Gasteiger partial charge >= 0.3 is 0 Å². The molecule has 0 N–H and O–H groups in total. The summed E-state index contributed by atoms with van der Waals surface area (Å²) in [5.74, 6) is 0. The van der Waals surface area contributed by atoms with Crippen molar-refractivity contribution in [2.75, 3.05) is 0 Å². The number of hydrogen-bond acceptors (Lipinski definition) is 3. The Bertz CT molecular complexity index is 419. The minimum atomic E-state index is 0.714. The number of aromatic nitrogens is 3. The number of nitrogens with zero attached hydrogens (tertiary/aromatic N) is 4. The molecule has 0 aliphatic carbocycles. The first-order valence-electron chi connectivity index (χ1n) is 3.99. The molecule has 1 aromatic carbocycles. The minimum absolute atomic E-state index is 0.714. The van der Waals surface area contributed by atoms with Crippen molar-refractivity contribution in [1.29, 1.82) is 0 Å². The second-order valence-electron chi connectivity index (χ2n) is 2.64. The molecule has 4 nitrogen and oxygen atoms in total. The van der Waals surface area contributed by atoms with Gasteiger partial charge in [0.15, 0.2) is 0 Å². The van der Waals surface area contributed by atoms with E-state index in [9.17, 15) is 0 Å². The fourth-order valence-electron chi connectivity index (χ4n) is 0.937. The molecular weight excluding hydrogens is 200 g/mol. The number of rotatable bonds is 2. The zero-order valence-corrected chi connectivity index (χ0v) is 7.96. The average Bonchev–Trinajstić information content (AvgIpc) is 2.70. The Labute approximate surface area is 85.8 Å². The molecule has 0 fully saturated rings. The molecule has 5 heteroatoms. The maximum absolute atomic E-state index is 5.74. The SMILES string of the molecule is Clc1ccc(C=Nn2cnnc2)cc1. The highest BCUT2D eigenvalue weighted by Gasteiger charge is 1.88. The summed E-state index contributed by atoms with van der Waals surface area (Å²) in [7, 11) is 0. The average molecular weight is 207 g/mol. The Hall–Kier alpha value is -1.68. The fraction of sp³-hybridized carbons (Fsp3) is 0. The summed E-state index contributed by atoms with van der Waals surface area (Å²) < 4.78 is 1.52. The van der Waals surface area contributed by atoms with Crippen LogP contribution in [0.3, 0.4) is 0 Å². The van der Waals surface area contributed by atoms with E-state index in [2.05, 4.69) is 15.3 Å². The van der Waals surface area contributed by atoms with Crippen LogP contribution in [0.1, 0.15) is 5.56 Å². The Morgan fingerprint density at radius 1 is 1.14 bits per heavy atom. The minimum Gasteiger partial charge on any atom is -0.208 e. The summed E-state index contributed by atoms with van der Waals surface area (Å²) in [5.41, 5.74) is 0.975. The van der Waals surface area contributed by atoms with Crippen LogP contribution in [0.5, 0.6) is 0 Å². The molecule has 0 saturated heterocycles. The van der Waals surface area contributed by atoms with Gasteiger partial charge in [-0.3, -0.25) is 0 Å². The molecule has 0 radical (unpaired) electrons. The lowest BCUT2D eigenvalue weighted by molar-refractivity contribution is 0.878. The standard InChI is InChI=1S/C9H7ClN4/c10-9-3-1-8(2-4-9)5-13-14-6-11-12-7-14/h1-7H. The van der Waals surface area contributed by atoms with Crippen LogP contribution in [-0.4, -0.2) is 21.1 Å². The molecule has 0 bridgehead atoms. The van der Waals surface area contributed by atoms with Crippen LogP contribution in [0.4, 0.5) is 0 Å². The van der Waals surface area contributed by atoms with Crippen molar-refractivity contribution in [1.82, 2.24) is 14.9 Å². The summed E-state index contributed by atoms with van der Waals surface area (Å²) in [6, 6.07) is 7.40. The van der Waals surface area contributed by atoms with Crippen LogP contribution in [-0.2, 0) is 0 Å². The van der Waals surface area contributed by atoms with Gasteiger partial charge in [-0.25, -0.2) is 4.68 Å². The fourth-order valence-corrected chi connectivity index (χ4v) is 1.06. The Morgan fingerprint density at radius 2 is 1.79 bits per heavy atom. The summed E-state index contributed by atoms with van der Waals surface area (Å²) in [5, 5.41) is 12.1. The molecule has 0 aliphatic heterocycles. The largest absolute Gasteiger partial charge is 0.208 e. The molecule has 0 unspecified atom stereocenters. The van der Waals surface area contributed by atoms with Gasteiger partial charge in [0.25, 0.3) is 0 Å². The van der Waals surface area contributed by atoms with Crippen LogP contribution in [0.2, 0.25) is 5.02 Å². The van der Waals surface area contributed by atoms with Crippen molar-refractivity contribution in [3.8, 4) is 0 Å². The molecule has 0 atom stereocenters. The lowest BCUT2D eigenvalue weighted by Gasteiger charge is -1.92. The predicted molar refractivity (Wildman–Crippen MR) is 54.5 cm³/mol. The first-order valence-corrected chi connectivity index (χ1v) is 4.37. The summed E-state index contributed by atoms with van der Waals surface area (Å²) in [6.07, 6.45) is 4.75. The van der Waals surface area contributed by atoms with Gasteiger partial charge in [0.05, 0.1) is 6.21 Å². The number of benzene rings is 1. The van der Waals surface area contributed by atoms with Crippen molar-refractivity contribution in [2.24, 2.45) is 5.10 Å². The molecule has 0 amide bonds. The smallest absolute Gasteiger partial charge is 0.141 e. The van der Waals surface area contributed by atoms with Crippen molar-refractivity contribution in [3.05, 3.63) is 47.5 Å². The first-order chi connectivity index (χ1) is 6.84. The molecule has 2 aromatic rings. The van der Waals surface area contributed by atoms with Crippen LogP contribution < -0.4 is 0 Å². The van der Waals surface area contributed by atoms with Gasteiger partial charge in [0, 0.05) is 5.02 Å².